The number of carbonyl (C=O) groups excluding carboxylic acids is 3. The average molecular weight is 403 g/mol. The smallest absolute Gasteiger partial charge is 0.245 e. The molecule has 0 radical (unpaired) electrons. The summed E-state index contributed by atoms with van der Waals surface area (Å²) < 4.78 is 0. The highest BCUT2D eigenvalue weighted by atomic mass is 16.2. The molecule has 7 heteroatoms. The van der Waals surface area contributed by atoms with Crippen LogP contribution < -0.4 is 16.4 Å². The van der Waals surface area contributed by atoms with E-state index in [1.807, 2.05) is 51.1 Å². The van der Waals surface area contributed by atoms with Crippen molar-refractivity contribution in [1.82, 2.24) is 15.5 Å². The summed E-state index contributed by atoms with van der Waals surface area (Å²) >= 11 is 0. The summed E-state index contributed by atoms with van der Waals surface area (Å²) in [6, 6.07) is 8.29. The van der Waals surface area contributed by atoms with E-state index in [2.05, 4.69) is 10.6 Å². The van der Waals surface area contributed by atoms with Crippen LogP contribution in [0.3, 0.4) is 0 Å². The van der Waals surface area contributed by atoms with Gasteiger partial charge in [-0.25, -0.2) is 0 Å². The Labute approximate surface area is 173 Å². The Kier molecular flexibility index (Phi) is 8.64. The van der Waals surface area contributed by atoms with Crippen LogP contribution in [0, 0.1) is 5.92 Å². The summed E-state index contributed by atoms with van der Waals surface area (Å²) in [6.45, 7) is 6.72. The summed E-state index contributed by atoms with van der Waals surface area (Å²) in [6.07, 6.45) is 2.56. The van der Waals surface area contributed by atoms with Crippen LogP contribution in [-0.4, -0.2) is 53.8 Å². The van der Waals surface area contributed by atoms with E-state index in [1.54, 1.807) is 4.90 Å². The fourth-order valence-electron chi connectivity index (χ4n) is 3.55. The van der Waals surface area contributed by atoms with Gasteiger partial charge in [-0.3, -0.25) is 14.4 Å². The molecule has 3 amide bonds. The minimum atomic E-state index is -0.615. The molecule has 1 fully saturated rings. The van der Waals surface area contributed by atoms with E-state index < -0.39 is 12.1 Å². The molecule has 29 heavy (non-hydrogen) atoms. The largest absolute Gasteiger partial charge is 0.354 e. The van der Waals surface area contributed by atoms with Crippen LogP contribution in [-0.2, 0) is 20.8 Å². The van der Waals surface area contributed by atoms with Gasteiger partial charge in [0.15, 0.2) is 0 Å². The van der Waals surface area contributed by atoms with E-state index in [1.165, 1.54) is 0 Å². The highest BCUT2D eigenvalue weighted by Gasteiger charge is 2.35. The third-order valence-corrected chi connectivity index (χ3v) is 5.41. The van der Waals surface area contributed by atoms with Gasteiger partial charge >= 0.3 is 0 Å². The maximum Gasteiger partial charge on any atom is 0.245 e. The molecule has 0 bridgehead atoms. The van der Waals surface area contributed by atoms with Crippen molar-refractivity contribution in [1.29, 1.82) is 0 Å². The molecular formula is C22H34N4O3. The summed E-state index contributed by atoms with van der Waals surface area (Å²) in [4.78, 5) is 39.4. The van der Waals surface area contributed by atoms with Crippen molar-refractivity contribution in [2.45, 2.75) is 64.6 Å². The Morgan fingerprint density at radius 1 is 1.21 bits per heavy atom. The molecule has 1 aromatic rings. The molecule has 4 N–H and O–H groups in total. The lowest BCUT2D eigenvalue weighted by Crippen LogP contribution is -2.56. The molecule has 7 nitrogen and oxygen atoms in total. The van der Waals surface area contributed by atoms with Gasteiger partial charge in [0.2, 0.25) is 17.7 Å². The van der Waals surface area contributed by atoms with Crippen molar-refractivity contribution in [3.8, 4) is 0 Å². The Morgan fingerprint density at radius 2 is 1.90 bits per heavy atom. The van der Waals surface area contributed by atoms with Gasteiger partial charge in [-0.15, -0.1) is 0 Å². The Bertz CT molecular complexity index is 693. The van der Waals surface area contributed by atoms with Gasteiger partial charge in [-0.1, -0.05) is 51.1 Å². The highest BCUT2D eigenvalue weighted by Crippen LogP contribution is 2.20. The number of carbonyl (C=O) groups is 3. The maximum absolute atomic E-state index is 13.1. The number of rotatable bonds is 9. The second kappa shape index (κ2) is 11.0. The molecule has 0 unspecified atom stereocenters. The van der Waals surface area contributed by atoms with Crippen LogP contribution in [0.2, 0.25) is 0 Å². The van der Waals surface area contributed by atoms with Gasteiger partial charge in [0.05, 0.1) is 12.5 Å². The predicted molar refractivity (Wildman–Crippen MR) is 113 cm³/mol. The van der Waals surface area contributed by atoms with Gasteiger partial charge in [0, 0.05) is 19.1 Å². The molecule has 160 valence electrons. The van der Waals surface area contributed by atoms with Crippen LogP contribution in [0.15, 0.2) is 30.3 Å². The first kappa shape index (κ1) is 22.9. The summed E-state index contributed by atoms with van der Waals surface area (Å²) in [7, 11) is 0. The van der Waals surface area contributed by atoms with E-state index in [9.17, 15) is 14.4 Å². The number of likely N-dealkylation sites (tertiary alicyclic amines) is 1. The van der Waals surface area contributed by atoms with Crippen molar-refractivity contribution in [3.05, 3.63) is 35.9 Å². The molecule has 0 aliphatic carbocycles. The molecule has 3 atom stereocenters. The van der Waals surface area contributed by atoms with Gasteiger partial charge in [-0.2, -0.15) is 0 Å². The average Bonchev–Trinajstić information content (AvgIpc) is 3.18. The summed E-state index contributed by atoms with van der Waals surface area (Å²) in [5, 5.41) is 5.77. The second-order valence-electron chi connectivity index (χ2n) is 8.04. The van der Waals surface area contributed by atoms with Crippen LogP contribution in [0.5, 0.6) is 0 Å². The zero-order valence-electron chi connectivity index (χ0n) is 17.7. The maximum atomic E-state index is 13.1. The zero-order chi connectivity index (χ0) is 21.4. The second-order valence-corrected chi connectivity index (χ2v) is 8.04. The SMILES string of the molecule is CC[C@H](N)C(=O)N[C@H](C(=O)N1CCC[C@H]1CNC(=O)Cc1ccccc1)C(C)C. The van der Waals surface area contributed by atoms with Crippen LogP contribution >= 0.6 is 0 Å². The van der Waals surface area contributed by atoms with E-state index >= 15 is 0 Å². The van der Waals surface area contributed by atoms with Gasteiger partial charge in [-0.05, 0) is 30.7 Å². The quantitative estimate of drug-likeness (QED) is 0.577. The van der Waals surface area contributed by atoms with Crippen molar-refractivity contribution >= 4 is 17.7 Å². The molecule has 0 saturated carbocycles. The Morgan fingerprint density at radius 3 is 2.52 bits per heavy atom. The third kappa shape index (κ3) is 6.56. The lowest BCUT2D eigenvalue weighted by atomic mass is 10.0. The number of hydrogen-bond donors (Lipinski definition) is 3. The number of nitrogens with zero attached hydrogens (tertiary/aromatic N) is 1. The molecule has 1 aliphatic rings. The number of nitrogens with two attached hydrogens (primary N) is 1. The van der Waals surface area contributed by atoms with Gasteiger partial charge in [0.1, 0.15) is 6.04 Å². The minimum Gasteiger partial charge on any atom is -0.354 e. The molecule has 0 aromatic heterocycles. The number of amides is 3. The lowest BCUT2D eigenvalue weighted by molar-refractivity contribution is -0.138. The van der Waals surface area contributed by atoms with E-state index in [0.717, 1.165) is 18.4 Å². The monoisotopic (exact) mass is 402 g/mol. The first-order chi connectivity index (χ1) is 13.8. The standard InChI is InChI=1S/C22H34N4O3/c1-4-18(23)21(28)25-20(15(2)3)22(29)26-12-8-11-17(26)14-24-19(27)13-16-9-6-5-7-10-16/h5-7,9-10,15,17-18,20H,4,8,11-14,23H2,1-3H3,(H,24,27)(H,25,28)/t17-,18-,20-/m0/s1. The van der Waals surface area contributed by atoms with Crippen molar-refractivity contribution in [3.63, 3.8) is 0 Å². The predicted octanol–water partition coefficient (Wildman–Crippen LogP) is 1.21. The van der Waals surface area contributed by atoms with Crippen molar-refractivity contribution < 1.29 is 14.4 Å². The van der Waals surface area contributed by atoms with Gasteiger partial charge < -0.3 is 21.3 Å². The molecule has 2 rings (SSSR count). The van der Waals surface area contributed by atoms with E-state index in [4.69, 9.17) is 5.73 Å². The molecule has 1 aliphatic heterocycles. The third-order valence-electron chi connectivity index (χ3n) is 5.41. The molecule has 1 saturated heterocycles. The fraction of sp³-hybridized carbons (Fsp3) is 0.591. The van der Waals surface area contributed by atoms with Crippen molar-refractivity contribution in [2.24, 2.45) is 11.7 Å². The molecule has 1 heterocycles. The zero-order valence-corrected chi connectivity index (χ0v) is 17.7. The number of hydrogen-bond acceptors (Lipinski definition) is 4. The van der Waals surface area contributed by atoms with Crippen LogP contribution in [0.1, 0.15) is 45.6 Å². The fourth-order valence-corrected chi connectivity index (χ4v) is 3.55. The minimum absolute atomic E-state index is 0.0515. The van der Waals surface area contributed by atoms with E-state index in [-0.39, 0.29) is 29.7 Å². The lowest BCUT2D eigenvalue weighted by Gasteiger charge is -2.31. The molecule has 0 spiro atoms. The molecule has 1 aromatic carbocycles. The van der Waals surface area contributed by atoms with Crippen LogP contribution in [0.25, 0.3) is 0 Å². The Hall–Kier alpha value is -2.41. The first-order valence-electron chi connectivity index (χ1n) is 10.5. The summed E-state index contributed by atoms with van der Waals surface area (Å²) in [5.74, 6) is -0.509. The van der Waals surface area contributed by atoms with Crippen LogP contribution in [0.4, 0.5) is 0 Å². The number of nitrogens with one attached hydrogen (secondary N) is 2. The topological polar surface area (TPSA) is 105 Å². The van der Waals surface area contributed by atoms with Crippen molar-refractivity contribution in [2.75, 3.05) is 13.1 Å². The normalized spacial score (nSPS) is 18.4. The van der Waals surface area contributed by atoms with E-state index in [0.29, 0.717) is 25.9 Å². The highest BCUT2D eigenvalue weighted by molar-refractivity contribution is 5.90. The Balaban J connectivity index is 1.94. The number of benzene rings is 1. The van der Waals surface area contributed by atoms with Gasteiger partial charge in [0.25, 0.3) is 0 Å². The first-order valence-corrected chi connectivity index (χ1v) is 10.5. The summed E-state index contributed by atoms with van der Waals surface area (Å²) in [5.41, 5.74) is 6.76. The molecular weight excluding hydrogens is 368 g/mol.